The van der Waals surface area contributed by atoms with Crippen molar-refractivity contribution in [3.8, 4) is 0 Å². The molecule has 0 saturated carbocycles. The van der Waals surface area contributed by atoms with Crippen LogP contribution in [-0.4, -0.2) is 21.7 Å². The van der Waals surface area contributed by atoms with Gasteiger partial charge in [-0.3, -0.25) is 9.48 Å². The van der Waals surface area contributed by atoms with Crippen molar-refractivity contribution in [1.82, 2.24) is 9.78 Å². The Morgan fingerprint density at radius 3 is 2.71 bits per heavy atom. The van der Waals surface area contributed by atoms with Crippen molar-refractivity contribution < 1.29 is 14.3 Å². The van der Waals surface area contributed by atoms with Crippen LogP contribution in [0.3, 0.4) is 0 Å². The van der Waals surface area contributed by atoms with Crippen LogP contribution in [0.5, 0.6) is 0 Å². The summed E-state index contributed by atoms with van der Waals surface area (Å²) < 4.78 is 7.16. The highest BCUT2D eigenvalue weighted by atomic mass is 16.5. The topological polar surface area (TPSA) is 73.2 Å². The minimum atomic E-state index is -0.386. The summed E-state index contributed by atoms with van der Waals surface area (Å²) in [7, 11) is 0. The minimum Gasteiger partial charge on any atom is -0.457 e. The Balaban J connectivity index is 2.08. The molecule has 0 bridgehead atoms. The van der Waals surface area contributed by atoms with Crippen molar-refractivity contribution in [3.05, 3.63) is 47.3 Å². The summed E-state index contributed by atoms with van der Waals surface area (Å²) >= 11 is 0. The van der Waals surface area contributed by atoms with Gasteiger partial charge in [0.15, 0.2) is 0 Å². The van der Waals surface area contributed by atoms with Gasteiger partial charge in [-0.25, -0.2) is 4.79 Å². The van der Waals surface area contributed by atoms with E-state index >= 15 is 0 Å². The molecular weight excluding hydrogens is 306 g/mol. The Kier molecular flexibility index (Phi) is 5.73. The van der Waals surface area contributed by atoms with Crippen molar-refractivity contribution >= 4 is 17.6 Å². The number of rotatable bonds is 6. The lowest BCUT2D eigenvalue weighted by Crippen LogP contribution is -2.09. The van der Waals surface area contributed by atoms with Crippen LogP contribution >= 0.6 is 0 Å². The molecule has 6 nitrogen and oxygen atoms in total. The van der Waals surface area contributed by atoms with Crippen LogP contribution in [0, 0.1) is 0 Å². The number of esters is 1. The molecule has 0 radical (unpaired) electrons. The summed E-state index contributed by atoms with van der Waals surface area (Å²) in [6, 6.07) is 7.23. The number of aryl methyl sites for hydroxylation is 1. The summed E-state index contributed by atoms with van der Waals surface area (Å²) in [6.45, 7) is 8.25. The molecule has 1 N–H and O–H groups in total. The zero-order valence-corrected chi connectivity index (χ0v) is 14.5. The molecular formula is C18H23N3O3. The number of ether oxygens (including phenoxy) is 1. The first kappa shape index (κ1) is 17.7. The van der Waals surface area contributed by atoms with Crippen LogP contribution in [0.15, 0.2) is 30.5 Å². The van der Waals surface area contributed by atoms with Crippen LogP contribution < -0.4 is 5.32 Å². The quantitative estimate of drug-likeness (QED) is 0.825. The Bertz CT molecular complexity index is 735. The summed E-state index contributed by atoms with van der Waals surface area (Å²) in [5, 5.41) is 7.13. The van der Waals surface area contributed by atoms with Crippen LogP contribution in [-0.2, 0) is 22.7 Å². The molecule has 2 rings (SSSR count). The van der Waals surface area contributed by atoms with Crippen LogP contribution in [0.1, 0.15) is 55.2 Å². The summed E-state index contributed by atoms with van der Waals surface area (Å²) in [6.07, 6.45) is 1.73. The Hall–Kier alpha value is -2.63. The van der Waals surface area contributed by atoms with E-state index in [1.807, 2.05) is 32.9 Å². The van der Waals surface area contributed by atoms with Gasteiger partial charge in [0.05, 0.1) is 5.69 Å². The van der Waals surface area contributed by atoms with E-state index in [9.17, 15) is 9.59 Å². The van der Waals surface area contributed by atoms with Crippen LogP contribution in [0.4, 0.5) is 5.69 Å². The molecule has 1 heterocycles. The first-order valence-corrected chi connectivity index (χ1v) is 8.01. The Labute approximate surface area is 141 Å². The van der Waals surface area contributed by atoms with Gasteiger partial charge in [0.1, 0.15) is 12.2 Å². The second-order valence-electron chi connectivity index (χ2n) is 5.90. The lowest BCUT2D eigenvalue weighted by molar-refractivity contribution is -0.114. The average molecular weight is 329 g/mol. The fourth-order valence-electron chi connectivity index (χ4n) is 2.35. The van der Waals surface area contributed by atoms with Gasteiger partial charge in [-0.1, -0.05) is 26.0 Å². The highest BCUT2D eigenvalue weighted by molar-refractivity contribution is 5.90. The number of carbonyl (C=O) groups is 2. The minimum absolute atomic E-state index is 0.140. The fourth-order valence-corrected chi connectivity index (χ4v) is 2.35. The van der Waals surface area contributed by atoms with Gasteiger partial charge in [0, 0.05) is 25.4 Å². The maximum Gasteiger partial charge on any atom is 0.341 e. The van der Waals surface area contributed by atoms with E-state index in [-0.39, 0.29) is 24.4 Å². The van der Waals surface area contributed by atoms with E-state index in [1.165, 1.54) is 6.92 Å². The van der Waals surface area contributed by atoms with Gasteiger partial charge in [-0.05, 0) is 30.5 Å². The third kappa shape index (κ3) is 4.44. The number of carbonyl (C=O) groups excluding carboxylic acids is 2. The molecule has 6 heteroatoms. The largest absolute Gasteiger partial charge is 0.457 e. The van der Waals surface area contributed by atoms with Crippen LogP contribution in [0.2, 0.25) is 0 Å². The number of anilines is 1. The fraction of sp³-hybridized carbons (Fsp3) is 0.389. The monoisotopic (exact) mass is 329 g/mol. The lowest BCUT2D eigenvalue weighted by atomic mass is 10.1. The number of hydrogen-bond acceptors (Lipinski definition) is 4. The molecule has 2 aromatic rings. The second kappa shape index (κ2) is 7.77. The van der Waals surface area contributed by atoms with E-state index in [4.69, 9.17) is 4.74 Å². The SMILES string of the molecule is CCn1cc(C(=O)OCc2cccc(NC(C)=O)c2)c(C(C)C)n1. The van der Waals surface area contributed by atoms with E-state index < -0.39 is 0 Å². The number of hydrogen-bond donors (Lipinski definition) is 1. The summed E-state index contributed by atoms with van der Waals surface area (Å²) in [5.74, 6) is -0.385. The number of aromatic nitrogens is 2. The smallest absolute Gasteiger partial charge is 0.341 e. The average Bonchev–Trinajstić information content (AvgIpc) is 2.97. The third-order valence-electron chi connectivity index (χ3n) is 3.50. The molecule has 0 aliphatic rings. The van der Waals surface area contributed by atoms with Crippen molar-refractivity contribution in [2.45, 2.75) is 46.8 Å². The van der Waals surface area contributed by atoms with Gasteiger partial charge in [-0.2, -0.15) is 5.10 Å². The van der Waals surface area contributed by atoms with E-state index in [0.29, 0.717) is 17.8 Å². The molecule has 0 aliphatic carbocycles. The van der Waals surface area contributed by atoms with Crippen LogP contribution in [0.25, 0.3) is 0 Å². The highest BCUT2D eigenvalue weighted by Gasteiger charge is 2.19. The first-order chi connectivity index (χ1) is 11.4. The molecule has 1 aromatic heterocycles. The molecule has 0 aliphatic heterocycles. The van der Waals surface area contributed by atoms with E-state index in [0.717, 1.165) is 11.3 Å². The van der Waals surface area contributed by atoms with Gasteiger partial charge in [-0.15, -0.1) is 0 Å². The third-order valence-corrected chi connectivity index (χ3v) is 3.50. The summed E-state index contributed by atoms with van der Waals surface area (Å²) in [5.41, 5.74) is 2.74. The first-order valence-electron chi connectivity index (χ1n) is 8.01. The van der Waals surface area contributed by atoms with Gasteiger partial charge in [0.2, 0.25) is 5.91 Å². The van der Waals surface area contributed by atoms with Gasteiger partial charge in [0.25, 0.3) is 0 Å². The van der Waals surface area contributed by atoms with Gasteiger partial charge < -0.3 is 10.1 Å². The zero-order valence-electron chi connectivity index (χ0n) is 14.5. The maximum atomic E-state index is 12.4. The lowest BCUT2D eigenvalue weighted by Gasteiger charge is -2.08. The molecule has 0 spiro atoms. The highest BCUT2D eigenvalue weighted by Crippen LogP contribution is 2.19. The van der Waals surface area contributed by atoms with Crippen molar-refractivity contribution in [1.29, 1.82) is 0 Å². The molecule has 24 heavy (non-hydrogen) atoms. The van der Waals surface area contributed by atoms with Gasteiger partial charge >= 0.3 is 5.97 Å². The molecule has 0 fully saturated rings. The molecule has 0 unspecified atom stereocenters. The predicted octanol–water partition coefficient (Wildman–Crippen LogP) is 3.34. The predicted molar refractivity (Wildman–Crippen MR) is 91.9 cm³/mol. The number of benzene rings is 1. The molecule has 0 atom stereocenters. The normalized spacial score (nSPS) is 10.7. The summed E-state index contributed by atoms with van der Waals surface area (Å²) in [4.78, 5) is 23.5. The second-order valence-corrected chi connectivity index (χ2v) is 5.90. The maximum absolute atomic E-state index is 12.4. The Morgan fingerprint density at radius 2 is 2.08 bits per heavy atom. The Morgan fingerprint density at radius 1 is 1.33 bits per heavy atom. The van der Waals surface area contributed by atoms with Crippen molar-refractivity contribution in [3.63, 3.8) is 0 Å². The molecule has 0 saturated heterocycles. The number of nitrogens with zero attached hydrogens (tertiary/aromatic N) is 2. The number of amides is 1. The number of nitrogens with one attached hydrogen (secondary N) is 1. The van der Waals surface area contributed by atoms with E-state index in [2.05, 4.69) is 10.4 Å². The molecule has 1 aromatic carbocycles. The van der Waals surface area contributed by atoms with Crippen molar-refractivity contribution in [2.24, 2.45) is 0 Å². The van der Waals surface area contributed by atoms with Crippen molar-refractivity contribution in [2.75, 3.05) is 5.32 Å². The standard InChI is InChI=1S/C18H23N3O3/c1-5-21-10-16(17(20-21)12(2)3)18(23)24-11-14-7-6-8-15(9-14)19-13(4)22/h6-10,12H,5,11H2,1-4H3,(H,19,22). The molecule has 1 amide bonds. The van der Waals surface area contributed by atoms with E-state index in [1.54, 1.807) is 23.0 Å². The molecule has 128 valence electrons. The zero-order chi connectivity index (χ0) is 17.7.